The lowest BCUT2D eigenvalue weighted by Gasteiger charge is -2.20. The number of halogens is 1. The fraction of sp³-hybridized carbons (Fsp3) is 0.176. The molecule has 1 heterocycles. The highest BCUT2D eigenvalue weighted by Crippen LogP contribution is 2.40. The minimum absolute atomic E-state index is 0.317. The van der Waals surface area contributed by atoms with Crippen LogP contribution in [0.3, 0.4) is 0 Å². The van der Waals surface area contributed by atoms with Crippen molar-refractivity contribution in [3.63, 3.8) is 0 Å². The first-order valence-corrected chi connectivity index (χ1v) is 7.33. The Kier molecular flexibility index (Phi) is 3.83. The molecule has 0 bridgehead atoms. The second kappa shape index (κ2) is 5.68. The Bertz CT molecular complexity index is 788. The summed E-state index contributed by atoms with van der Waals surface area (Å²) in [5.41, 5.74) is -0.749. The van der Waals surface area contributed by atoms with Crippen LogP contribution in [0, 0.1) is 0 Å². The standard InChI is InChI=1S/C17H14ClNO4/c1-23-12-5-2-10(3-6-12)15(20)9-17(22)13-8-11(18)4-7-14(13)19-16(17)21/h2-8,22H,9H2,1H3,(H,19,21)/t17-/m1/s1. The predicted molar refractivity (Wildman–Crippen MR) is 85.9 cm³/mol. The van der Waals surface area contributed by atoms with Crippen LogP contribution in [-0.2, 0) is 10.4 Å². The number of ether oxygens (including phenoxy) is 1. The number of carbonyl (C=O) groups is 2. The molecule has 1 amide bonds. The number of rotatable bonds is 4. The molecule has 1 aliphatic rings. The summed E-state index contributed by atoms with van der Waals surface area (Å²) >= 11 is 5.94. The maximum atomic E-state index is 12.4. The third-order valence-electron chi connectivity index (χ3n) is 3.88. The number of benzene rings is 2. The number of amides is 1. The van der Waals surface area contributed by atoms with Gasteiger partial charge in [-0.1, -0.05) is 11.6 Å². The Hall–Kier alpha value is -2.37. The smallest absolute Gasteiger partial charge is 0.261 e. The Morgan fingerprint density at radius 3 is 2.61 bits per heavy atom. The number of anilines is 1. The molecule has 2 N–H and O–H groups in total. The number of Topliss-reactive ketones (excluding diaryl/α,β-unsaturated/α-hetero) is 1. The van der Waals surface area contributed by atoms with Gasteiger partial charge in [0.15, 0.2) is 11.4 Å². The lowest BCUT2D eigenvalue weighted by Crippen LogP contribution is -2.36. The number of nitrogens with one attached hydrogen (secondary N) is 1. The minimum Gasteiger partial charge on any atom is -0.497 e. The van der Waals surface area contributed by atoms with E-state index in [-0.39, 0.29) is 12.2 Å². The lowest BCUT2D eigenvalue weighted by molar-refractivity contribution is -0.133. The van der Waals surface area contributed by atoms with Crippen molar-refractivity contribution >= 4 is 29.0 Å². The molecule has 0 aliphatic carbocycles. The summed E-state index contributed by atoms with van der Waals surface area (Å²) in [5.74, 6) is -0.356. The maximum Gasteiger partial charge on any atom is 0.261 e. The van der Waals surface area contributed by atoms with Gasteiger partial charge in [0.2, 0.25) is 0 Å². The molecule has 1 atom stereocenters. The van der Waals surface area contributed by atoms with Crippen molar-refractivity contribution in [1.82, 2.24) is 0 Å². The van der Waals surface area contributed by atoms with Gasteiger partial charge in [0.25, 0.3) is 5.91 Å². The molecule has 0 aromatic heterocycles. The van der Waals surface area contributed by atoms with E-state index in [1.165, 1.54) is 13.2 Å². The van der Waals surface area contributed by atoms with E-state index in [0.29, 0.717) is 27.6 Å². The van der Waals surface area contributed by atoms with Crippen LogP contribution in [0.4, 0.5) is 5.69 Å². The topological polar surface area (TPSA) is 75.6 Å². The largest absolute Gasteiger partial charge is 0.497 e. The van der Waals surface area contributed by atoms with Crippen LogP contribution in [0.5, 0.6) is 5.75 Å². The summed E-state index contributed by atoms with van der Waals surface area (Å²) in [6, 6.07) is 11.2. The van der Waals surface area contributed by atoms with Crippen LogP contribution in [0.15, 0.2) is 42.5 Å². The maximum absolute atomic E-state index is 12.4. The molecule has 0 saturated heterocycles. The molecule has 23 heavy (non-hydrogen) atoms. The first kappa shape index (κ1) is 15.5. The summed E-state index contributed by atoms with van der Waals surface area (Å²) in [6.45, 7) is 0. The molecule has 0 radical (unpaired) electrons. The van der Waals surface area contributed by atoms with Gasteiger partial charge in [-0.2, -0.15) is 0 Å². The number of methoxy groups -OCH3 is 1. The van der Waals surface area contributed by atoms with Gasteiger partial charge < -0.3 is 15.2 Å². The van der Waals surface area contributed by atoms with Gasteiger partial charge in [0, 0.05) is 21.8 Å². The molecule has 2 aromatic rings. The summed E-state index contributed by atoms with van der Waals surface area (Å²) in [4.78, 5) is 24.6. The van der Waals surface area contributed by atoms with E-state index >= 15 is 0 Å². The van der Waals surface area contributed by atoms with Crippen LogP contribution < -0.4 is 10.1 Å². The highest BCUT2D eigenvalue weighted by atomic mass is 35.5. The van der Waals surface area contributed by atoms with Crippen molar-refractivity contribution in [3.8, 4) is 5.75 Å². The molecule has 118 valence electrons. The second-order valence-corrected chi connectivity index (χ2v) is 5.77. The Morgan fingerprint density at radius 1 is 1.26 bits per heavy atom. The van der Waals surface area contributed by atoms with E-state index in [4.69, 9.17) is 16.3 Å². The van der Waals surface area contributed by atoms with Gasteiger partial charge in [-0.05, 0) is 42.5 Å². The zero-order chi connectivity index (χ0) is 16.6. The van der Waals surface area contributed by atoms with E-state index in [1.807, 2.05) is 0 Å². The van der Waals surface area contributed by atoms with E-state index in [1.54, 1.807) is 36.4 Å². The van der Waals surface area contributed by atoms with Gasteiger partial charge in [0.1, 0.15) is 5.75 Å². The number of hydrogen-bond donors (Lipinski definition) is 2. The molecule has 0 fully saturated rings. The van der Waals surface area contributed by atoms with E-state index in [9.17, 15) is 14.7 Å². The van der Waals surface area contributed by atoms with Crippen LogP contribution in [0.25, 0.3) is 0 Å². The molecule has 2 aromatic carbocycles. The van der Waals surface area contributed by atoms with Gasteiger partial charge in [-0.15, -0.1) is 0 Å². The average Bonchev–Trinajstić information content (AvgIpc) is 2.79. The van der Waals surface area contributed by atoms with Crippen molar-refractivity contribution in [3.05, 3.63) is 58.6 Å². The summed E-state index contributed by atoms with van der Waals surface area (Å²) in [5, 5.41) is 13.7. The van der Waals surface area contributed by atoms with Crippen molar-refractivity contribution in [1.29, 1.82) is 0 Å². The average molecular weight is 332 g/mol. The van der Waals surface area contributed by atoms with Crippen LogP contribution in [0.1, 0.15) is 22.3 Å². The van der Waals surface area contributed by atoms with E-state index in [2.05, 4.69) is 5.32 Å². The van der Waals surface area contributed by atoms with Crippen LogP contribution in [-0.4, -0.2) is 23.9 Å². The third-order valence-corrected chi connectivity index (χ3v) is 4.11. The lowest BCUT2D eigenvalue weighted by atomic mass is 9.88. The number of fused-ring (bicyclic) bond motifs is 1. The predicted octanol–water partition coefficient (Wildman–Crippen LogP) is 2.76. The van der Waals surface area contributed by atoms with Gasteiger partial charge in [0.05, 0.1) is 13.5 Å². The SMILES string of the molecule is COc1ccc(C(=O)C[C@]2(O)C(=O)Nc3ccc(Cl)cc32)cc1. The van der Waals surface area contributed by atoms with Crippen molar-refractivity contribution < 1.29 is 19.4 Å². The summed E-state index contributed by atoms with van der Waals surface area (Å²) in [6.07, 6.45) is -0.363. The van der Waals surface area contributed by atoms with E-state index in [0.717, 1.165) is 0 Å². The zero-order valence-electron chi connectivity index (χ0n) is 12.3. The molecule has 1 aliphatic heterocycles. The molecule has 0 saturated carbocycles. The van der Waals surface area contributed by atoms with Gasteiger partial charge >= 0.3 is 0 Å². The molecule has 3 rings (SSSR count). The first-order chi connectivity index (χ1) is 10.9. The van der Waals surface area contributed by atoms with Crippen LogP contribution in [0.2, 0.25) is 5.02 Å². The normalized spacial score (nSPS) is 19.2. The molecule has 0 spiro atoms. The van der Waals surface area contributed by atoms with Crippen molar-refractivity contribution in [2.45, 2.75) is 12.0 Å². The monoisotopic (exact) mass is 331 g/mol. The molecule has 6 heteroatoms. The van der Waals surface area contributed by atoms with Gasteiger partial charge in [-0.25, -0.2) is 0 Å². The number of hydrogen-bond acceptors (Lipinski definition) is 4. The Morgan fingerprint density at radius 2 is 1.96 bits per heavy atom. The molecular formula is C17H14ClNO4. The second-order valence-electron chi connectivity index (χ2n) is 5.33. The summed E-state index contributed by atoms with van der Waals surface area (Å²) in [7, 11) is 1.53. The number of aliphatic hydroxyl groups is 1. The molecule has 0 unspecified atom stereocenters. The first-order valence-electron chi connectivity index (χ1n) is 6.95. The number of carbonyl (C=O) groups excluding carboxylic acids is 2. The van der Waals surface area contributed by atoms with Crippen LogP contribution >= 0.6 is 11.6 Å². The highest BCUT2D eigenvalue weighted by molar-refractivity contribution is 6.31. The molecular weight excluding hydrogens is 318 g/mol. The van der Waals surface area contributed by atoms with Crippen molar-refractivity contribution in [2.75, 3.05) is 12.4 Å². The quantitative estimate of drug-likeness (QED) is 0.845. The summed E-state index contributed by atoms with van der Waals surface area (Å²) < 4.78 is 5.04. The highest BCUT2D eigenvalue weighted by Gasteiger charge is 2.46. The molecule has 5 nitrogen and oxygen atoms in total. The fourth-order valence-electron chi connectivity index (χ4n) is 2.60. The van der Waals surface area contributed by atoms with Crippen molar-refractivity contribution in [2.24, 2.45) is 0 Å². The Balaban J connectivity index is 1.90. The van der Waals surface area contributed by atoms with E-state index < -0.39 is 11.5 Å². The fourth-order valence-corrected chi connectivity index (χ4v) is 2.77. The Labute approximate surface area is 137 Å². The minimum atomic E-state index is -1.92. The third kappa shape index (κ3) is 2.69. The zero-order valence-corrected chi connectivity index (χ0v) is 13.1. The number of ketones is 1. The van der Waals surface area contributed by atoms with Gasteiger partial charge in [-0.3, -0.25) is 9.59 Å².